The van der Waals surface area contributed by atoms with Crippen LogP contribution in [0.25, 0.3) is 10.8 Å². The summed E-state index contributed by atoms with van der Waals surface area (Å²) in [5.74, 6) is -2.09. The van der Waals surface area contributed by atoms with Crippen LogP contribution in [-0.4, -0.2) is 50.3 Å². The number of fused-ring (bicyclic) bond motifs is 1. The lowest BCUT2D eigenvalue weighted by Crippen LogP contribution is -2.36. The van der Waals surface area contributed by atoms with Crippen LogP contribution in [0.5, 0.6) is 5.75 Å². The molecule has 3 N–H and O–H groups in total. The van der Waals surface area contributed by atoms with E-state index in [0.717, 1.165) is 4.31 Å². The predicted molar refractivity (Wildman–Crippen MR) is 129 cm³/mol. The van der Waals surface area contributed by atoms with Crippen LogP contribution in [0.1, 0.15) is 13.8 Å². The highest BCUT2D eigenvalue weighted by molar-refractivity contribution is 7.92. The number of methoxy groups -OCH3 is 1. The van der Waals surface area contributed by atoms with Gasteiger partial charge in [0.1, 0.15) is 18.3 Å². The molecule has 0 saturated heterocycles. The van der Waals surface area contributed by atoms with Gasteiger partial charge in [-0.2, -0.15) is 0 Å². The molecule has 0 aliphatic heterocycles. The number of anilines is 2. The van der Waals surface area contributed by atoms with Crippen LogP contribution in [0.3, 0.4) is 0 Å². The van der Waals surface area contributed by atoms with Crippen molar-refractivity contribution in [3.8, 4) is 5.75 Å². The highest BCUT2D eigenvalue weighted by Gasteiger charge is 2.29. The fourth-order valence-electron chi connectivity index (χ4n) is 3.61. The monoisotopic (exact) mass is 486 g/mol. The summed E-state index contributed by atoms with van der Waals surface area (Å²) in [4.78, 5) is 23.3. The Kier molecular flexibility index (Phi) is 7.31. The smallest absolute Gasteiger partial charge is 0.326 e. The Morgan fingerprint density at radius 1 is 0.971 bits per heavy atom. The zero-order valence-corrected chi connectivity index (χ0v) is 19.7. The molecule has 3 aromatic carbocycles. The van der Waals surface area contributed by atoms with Crippen LogP contribution < -0.4 is 14.4 Å². The molecule has 10 heteroatoms. The number of sulfonamides is 1. The van der Waals surface area contributed by atoms with Crippen LogP contribution in [0.4, 0.5) is 11.4 Å². The first-order valence-corrected chi connectivity index (χ1v) is 11.9. The Morgan fingerprint density at radius 3 is 2.12 bits per heavy atom. The third-order valence-electron chi connectivity index (χ3n) is 5.34. The van der Waals surface area contributed by atoms with E-state index < -0.39 is 34.5 Å². The van der Waals surface area contributed by atoms with Crippen molar-refractivity contribution in [1.29, 1.82) is 0 Å². The molecule has 0 fully saturated rings. The van der Waals surface area contributed by atoms with E-state index in [1.54, 1.807) is 44.2 Å². The number of ether oxygens (including phenoxy) is 1. The average Bonchev–Trinajstić information content (AvgIpc) is 2.80. The molecule has 0 unspecified atom stereocenters. The molecule has 0 aliphatic rings. The van der Waals surface area contributed by atoms with Gasteiger partial charge in [0.25, 0.3) is 10.0 Å². The van der Waals surface area contributed by atoms with E-state index in [2.05, 4.69) is 5.32 Å². The lowest BCUT2D eigenvalue weighted by molar-refractivity contribution is -0.139. The van der Waals surface area contributed by atoms with E-state index in [-0.39, 0.29) is 16.5 Å². The summed E-state index contributed by atoms with van der Waals surface area (Å²) in [5, 5.41) is 23.1. The van der Waals surface area contributed by atoms with Gasteiger partial charge in [0.05, 0.1) is 17.7 Å². The minimum atomic E-state index is -4.25. The minimum Gasteiger partial charge on any atom is -0.497 e. The molecular weight excluding hydrogens is 460 g/mol. The molecule has 0 radical (unpaired) electrons. The van der Waals surface area contributed by atoms with E-state index in [0.29, 0.717) is 22.2 Å². The van der Waals surface area contributed by atoms with Gasteiger partial charge in [0.15, 0.2) is 0 Å². The van der Waals surface area contributed by atoms with Crippen LogP contribution in [0.15, 0.2) is 65.6 Å². The number of carboxylic acids is 2. The van der Waals surface area contributed by atoms with E-state index in [1.807, 2.05) is 0 Å². The van der Waals surface area contributed by atoms with Gasteiger partial charge in [-0.25, -0.2) is 13.2 Å². The van der Waals surface area contributed by atoms with Gasteiger partial charge >= 0.3 is 11.9 Å². The van der Waals surface area contributed by atoms with Crippen molar-refractivity contribution in [3.63, 3.8) is 0 Å². The van der Waals surface area contributed by atoms with Gasteiger partial charge in [-0.15, -0.1) is 0 Å². The molecule has 0 saturated carbocycles. The zero-order valence-electron chi connectivity index (χ0n) is 18.9. The van der Waals surface area contributed by atoms with Crippen LogP contribution in [-0.2, 0) is 19.6 Å². The molecule has 0 aliphatic carbocycles. The van der Waals surface area contributed by atoms with E-state index in [1.165, 1.54) is 37.4 Å². The lowest BCUT2D eigenvalue weighted by Gasteiger charge is -2.26. The molecule has 3 aromatic rings. The standard InChI is InChI=1S/C24H26N2O7S/c1-15(2)23(24(29)30)25-20-12-13-21(19-7-5-4-6-18(19)20)26(14-22(27)28)34(31,32)17-10-8-16(33-3)9-11-17/h4-13,15,23,25H,14H2,1-3H3,(H,27,28)(H,29,30)/t23-/m0/s1. The summed E-state index contributed by atoms with van der Waals surface area (Å²) in [6.07, 6.45) is 0. The topological polar surface area (TPSA) is 133 Å². The van der Waals surface area contributed by atoms with Crippen molar-refractivity contribution in [2.45, 2.75) is 24.8 Å². The fraction of sp³-hybridized carbons (Fsp3) is 0.250. The molecule has 34 heavy (non-hydrogen) atoms. The number of carbonyl (C=O) groups is 2. The summed E-state index contributed by atoms with van der Waals surface area (Å²) < 4.78 is 32.9. The second-order valence-electron chi connectivity index (χ2n) is 7.96. The highest BCUT2D eigenvalue weighted by Crippen LogP contribution is 2.36. The van der Waals surface area contributed by atoms with Gasteiger partial charge in [-0.1, -0.05) is 38.1 Å². The van der Waals surface area contributed by atoms with Gasteiger partial charge in [-0.3, -0.25) is 9.10 Å². The number of benzene rings is 3. The first-order valence-electron chi connectivity index (χ1n) is 10.5. The van der Waals surface area contributed by atoms with Crippen LogP contribution >= 0.6 is 0 Å². The number of hydrogen-bond acceptors (Lipinski definition) is 6. The van der Waals surface area contributed by atoms with E-state index in [9.17, 15) is 28.2 Å². The van der Waals surface area contributed by atoms with E-state index >= 15 is 0 Å². The third-order valence-corrected chi connectivity index (χ3v) is 7.11. The number of carboxylic acid groups (broad SMARTS) is 2. The molecule has 180 valence electrons. The summed E-state index contributed by atoms with van der Waals surface area (Å²) in [5.41, 5.74) is 0.661. The Morgan fingerprint density at radius 2 is 1.59 bits per heavy atom. The number of hydrogen-bond donors (Lipinski definition) is 3. The fourth-order valence-corrected chi connectivity index (χ4v) is 5.04. The third kappa shape index (κ3) is 5.07. The van der Waals surface area contributed by atoms with Crippen molar-refractivity contribution < 1.29 is 33.0 Å². The summed E-state index contributed by atoms with van der Waals surface area (Å²) in [6.45, 7) is 2.76. The van der Waals surface area contributed by atoms with Crippen molar-refractivity contribution in [3.05, 3.63) is 60.7 Å². The Hall–Kier alpha value is -3.79. The summed E-state index contributed by atoms with van der Waals surface area (Å²) in [6, 6.07) is 14.7. The maximum absolute atomic E-state index is 13.5. The van der Waals surface area contributed by atoms with Crippen molar-refractivity contribution in [1.82, 2.24) is 0 Å². The maximum atomic E-state index is 13.5. The zero-order chi connectivity index (χ0) is 25.0. The number of nitrogens with zero attached hydrogens (tertiary/aromatic N) is 1. The average molecular weight is 487 g/mol. The molecule has 9 nitrogen and oxygen atoms in total. The van der Waals surface area contributed by atoms with Gasteiger partial charge in [0.2, 0.25) is 0 Å². The SMILES string of the molecule is COc1ccc(S(=O)(=O)N(CC(=O)O)c2ccc(N[C@H](C(=O)O)C(C)C)c3ccccc23)cc1. The minimum absolute atomic E-state index is 0.0911. The number of nitrogens with one attached hydrogen (secondary N) is 1. The van der Waals surface area contributed by atoms with Crippen molar-refractivity contribution in [2.75, 3.05) is 23.3 Å². The molecule has 3 rings (SSSR count). The second-order valence-corrected chi connectivity index (χ2v) is 9.83. The van der Waals surface area contributed by atoms with Crippen LogP contribution in [0, 0.1) is 5.92 Å². The molecule has 0 aromatic heterocycles. The first kappa shape index (κ1) is 24.8. The summed E-state index contributed by atoms with van der Waals surface area (Å²) in [7, 11) is -2.79. The highest BCUT2D eigenvalue weighted by atomic mass is 32.2. The maximum Gasteiger partial charge on any atom is 0.326 e. The Balaban J connectivity index is 2.16. The summed E-state index contributed by atoms with van der Waals surface area (Å²) >= 11 is 0. The van der Waals surface area contributed by atoms with Crippen molar-refractivity contribution in [2.24, 2.45) is 5.92 Å². The van der Waals surface area contributed by atoms with Crippen molar-refractivity contribution >= 4 is 44.1 Å². The van der Waals surface area contributed by atoms with Gasteiger partial charge in [0, 0.05) is 16.5 Å². The van der Waals surface area contributed by atoms with Crippen LogP contribution in [0.2, 0.25) is 0 Å². The number of rotatable bonds is 10. The lowest BCUT2D eigenvalue weighted by atomic mass is 10.0. The predicted octanol–water partition coefficient (Wildman–Crippen LogP) is 3.65. The quantitative estimate of drug-likeness (QED) is 0.395. The molecule has 0 amide bonds. The molecule has 0 heterocycles. The molecule has 0 bridgehead atoms. The number of aliphatic carboxylic acids is 2. The molecular formula is C24H26N2O7S. The normalized spacial score (nSPS) is 12.4. The van der Waals surface area contributed by atoms with E-state index in [4.69, 9.17) is 4.74 Å². The largest absolute Gasteiger partial charge is 0.497 e. The Labute approximate surface area is 197 Å². The van der Waals surface area contributed by atoms with Gasteiger partial charge in [-0.05, 0) is 42.3 Å². The first-order chi connectivity index (χ1) is 16.1. The molecule has 1 atom stereocenters. The second kappa shape index (κ2) is 10.0. The molecule has 0 spiro atoms. The van der Waals surface area contributed by atoms with Gasteiger partial charge < -0.3 is 20.3 Å². The Bertz CT molecular complexity index is 1300.